The number of amides is 1. The number of carbonyl (C=O) groups excluding carboxylic acids is 1. The summed E-state index contributed by atoms with van der Waals surface area (Å²) in [6.45, 7) is 7.86. The molecule has 2 rings (SSSR count). The summed E-state index contributed by atoms with van der Waals surface area (Å²) in [7, 11) is 1.81. The van der Waals surface area contributed by atoms with Crippen LogP contribution in [0.25, 0.3) is 0 Å². The fourth-order valence-electron chi connectivity index (χ4n) is 2.67. The van der Waals surface area contributed by atoms with E-state index in [-0.39, 0.29) is 17.9 Å². The fraction of sp³-hybridized carbons (Fsp3) is 0.688. The Morgan fingerprint density at radius 1 is 1.30 bits per heavy atom. The van der Waals surface area contributed by atoms with Gasteiger partial charge in [-0.05, 0) is 25.7 Å². The van der Waals surface area contributed by atoms with Gasteiger partial charge in [-0.3, -0.25) is 4.79 Å². The SMILES string of the molecule is CNc1c(Cl)ncnc1N1CCC(C(=O)NC(C)C(C)C)CC1. The van der Waals surface area contributed by atoms with Crippen LogP contribution in [0.4, 0.5) is 11.5 Å². The number of hydrogen-bond acceptors (Lipinski definition) is 5. The molecule has 1 aromatic heterocycles. The third kappa shape index (κ3) is 4.25. The van der Waals surface area contributed by atoms with Gasteiger partial charge in [-0.2, -0.15) is 0 Å². The summed E-state index contributed by atoms with van der Waals surface area (Å²) >= 11 is 6.11. The summed E-state index contributed by atoms with van der Waals surface area (Å²) in [5.41, 5.74) is 0.741. The van der Waals surface area contributed by atoms with Gasteiger partial charge in [0.2, 0.25) is 5.91 Å². The Morgan fingerprint density at radius 3 is 2.52 bits per heavy atom. The molecule has 1 fully saturated rings. The Kier molecular flexibility index (Phi) is 6.04. The van der Waals surface area contributed by atoms with Crippen LogP contribution >= 0.6 is 11.6 Å². The number of piperidine rings is 1. The second-order valence-corrected chi connectivity index (χ2v) is 6.77. The van der Waals surface area contributed by atoms with Gasteiger partial charge >= 0.3 is 0 Å². The topological polar surface area (TPSA) is 70.2 Å². The van der Waals surface area contributed by atoms with Gasteiger partial charge < -0.3 is 15.5 Å². The molecule has 2 N–H and O–H groups in total. The van der Waals surface area contributed by atoms with Crippen molar-refractivity contribution in [1.82, 2.24) is 15.3 Å². The number of aromatic nitrogens is 2. The lowest BCUT2D eigenvalue weighted by molar-refractivity contribution is -0.126. The summed E-state index contributed by atoms with van der Waals surface area (Å²) in [5.74, 6) is 1.49. The monoisotopic (exact) mass is 339 g/mol. The molecule has 1 unspecified atom stereocenters. The first-order valence-electron chi connectivity index (χ1n) is 8.17. The number of carbonyl (C=O) groups is 1. The lowest BCUT2D eigenvalue weighted by Gasteiger charge is -2.33. The molecule has 0 aliphatic carbocycles. The van der Waals surface area contributed by atoms with Crippen molar-refractivity contribution in [3.8, 4) is 0 Å². The number of halogens is 1. The van der Waals surface area contributed by atoms with Gasteiger partial charge in [-0.15, -0.1) is 0 Å². The Morgan fingerprint density at radius 2 is 1.96 bits per heavy atom. The third-order valence-corrected chi connectivity index (χ3v) is 4.85. The van der Waals surface area contributed by atoms with E-state index in [1.54, 1.807) is 0 Å². The van der Waals surface area contributed by atoms with Crippen LogP contribution in [0.3, 0.4) is 0 Å². The highest BCUT2D eigenvalue weighted by atomic mass is 35.5. The molecular weight excluding hydrogens is 314 g/mol. The predicted octanol–water partition coefficient (Wildman–Crippen LogP) is 2.55. The van der Waals surface area contributed by atoms with Crippen LogP contribution in [0.15, 0.2) is 6.33 Å². The highest BCUT2D eigenvalue weighted by Crippen LogP contribution is 2.31. The van der Waals surface area contributed by atoms with Crippen molar-refractivity contribution < 1.29 is 4.79 Å². The Labute approximate surface area is 143 Å². The maximum Gasteiger partial charge on any atom is 0.223 e. The molecule has 6 nitrogen and oxygen atoms in total. The molecule has 0 bridgehead atoms. The second kappa shape index (κ2) is 7.81. The van der Waals surface area contributed by atoms with E-state index in [0.29, 0.717) is 11.1 Å². The summed E-state index contributed by atoms with van der Waals surface area (Å²) in [6.07, 6.45) is 3.12. The first-order chi connectivity index (χ1) is 10.9. The molecule has 0 aromatic carbocycles. The van der Waals surface area contributed by atoms with Crippen molar-refractivity contribution in [2.24, 2.45) is 11.8 Å². The van der Waals surface area contributed by atoms with Gasteiger partial charge in [-0.1, -0.05) is 25.4 Å². The molecule has 0 radical (unpaired) electrons. The number of rotatable bonds is 5. The van der Waals surface area contributed by atoms with Crippen molar-refractivity contribution in [3.05, 3.63) is 11.5 Å². The van der Waals surface area contributed by atoms with Crippen LogP contribution in [-0.4, -0.2) is 42.1 Å². The van der Waals surface area contributed by atoms with Gasteiger partial charge in [-0.25, -0.2) is 9.97 Å². The number of nitrogens with one attached hydrogen (secondary N) is 2. The average Bonchev–Trinajstić information content (AvgIpc) is 2.54. The summed E-state index contributed by atoms with van der Waals surface area (Å²) < 4.78 is 0. The largest absolute Gasteiger partial charge is 0.383 e. The minimum absolute atomic E-state index is 0.0720. The van der Waals surface area contributed by atoms with E-state index >= 15 is 0 Å². The van der Waals surface area contributed by atoms with Crippen LogP contribution in [0.2, 0.25) is 5.15 Å². The van der Waals surface area contributed by atoms with Gasteiger partial charge in [0.25, 0.3) is 0 Å². The lowest BCUT2D eigenvalue weighted by Crippen LogP contribution is -2.44. The molecule has 7 heteroatoms. The molecule has 2 heterocycles. The van der Waals surface area contributed by atoms with Crippen LogP contribution in [0, 0.1) is 11.8 Å². The minimum Gasteiger partial charge on any atom is -0.383 e. The van der Waals surface area contributed by atoms with Gasteiger partial charge in [0, 0.05) is 32.1 Å². The summed E-state index contributed by atoms with van der Waals surface area (Å²) in [5, 5.41) is 6.59. The van der Waals surface area contributed by atoms with E-state index in [9.17, 15) is 4.79 Å². The molecule has 23 heavy (non-hydrogen) atoms. The number of anilines is 2. The molecule has 128 valence electrons. The molecule has 1 aliphatic rings. The van der Waals surface area contributed by atoms with E-state index in [0.717, 1.165) is 37.4 Å². The fourth-order valence-corrected chi connectivity index (χ4v) is 2.90. The maximum atomic E-state index is 12.3. The smallest absolute Gasteiger partial charge is 0.223 e. The summed E-state index contributed by atoms with van der Waals surface area (Å²) in [6, 6.07) is 0.206. The molecule has 1 aromatic rings. The van der Waals surface area contributed by atoms with E-state index < -0.39 is 0 Å². The van der Waals surface area contributed by atoms with Crippen molar-refractivity contribution in [2.75, 3.05) is 30.4 Å². The highest BCUT2D eigenvalue weighted by molar-refractivity contribution is 6.32. The molecule has 1 aliphatic heterocycles. The highest BCUT2D eigenvalue weighted by Gasteiger charge is 2.28. The van der Waals surface area contributed by atoms with Crippen LogP contribution in [0.1, 0.15) is 33.6 Å². The predicted molar refractivity (Wildman–Crippen MR) is 94.0 cm³/mol. The van der Waals surface area contributed by atoms with Crippen LogP contribution in [-0.2, 0) is 4.79 Å². The van der Waals surface area contributed by atoms with Gasteiger partial charge in [0.15, 0.2) is 11.0 Å². The zero-order valence-electron chi connectivity index (χ0n) is 14.3. The zero-order chi connectivity index (χ0) is 17.0. The van der Waals surface area contributed by atoms with Crippen molar-refractivity contribution >= 4 is 29.0 Å². The second-order valence-electron chi connectivity index (χ2n) is 6.42. The standard InChI is InChI=1S/C16H26ClN5O/c1-10(2)11(3)21-16(23)12-5-7-22(8-6-12)15-13(18-4)14(17)19-9-20-15/h9-12,18H,5-8H2,1-4H3,(H,21,23). The Hall–Kier alpha value is -1.56. The van der Waals surface area contributed by atoms with Gasteiger partial charge in [0.1, 0.15) is 12.0 Å². The Bertz CT molecular complexity index is 543. The number of nitrogens with zero attached hydrogens (tertiary/aromatic N) is 3. The quantitative estimate of drug-likeness (QED) is 0.807. The summed E-state index contributed by atoms with van der Waals surface area (Å²) in [4.78, 5) is 22.8. The molecule has 1 atom stereocenters. The van der Waals surface area contributed by atoms with Crippen LogP contribution in [0.5, 0.6) is 0 Å². The average molecular weight is 340 g/mol. The number of hydrogen-bond donors (Lipinski definition) is 2. The molecule has 1 saturated heterocycles. The first-order valence-corrected chi connectivity index (χ1v) is 8.55. The van der Waals surface area contributed by atoms with Crippen molar-refractivity contribution in [3.63, 3.8) is 0 Å². The third-order valence-electron chi connectivity index (χ3n) is 4.57. The minimum atomic E-state index is 0.0720. The van der Waals surface area contributed by atoms with E-state index in [2.05, 4.69) is 46.3 Å². The maximum absolute atomic E-state index is 12.3. The lowest BCUT2D eigenvalue weighted by atomic mass is 9.94. The van der Waals surface area contributed by atoms with Gasteiger partial charge in [0.05, 0.1) is 0 Å². The molecule has 0 saturated carbocycles. The molecular formula is C16H26ClN5O. The van der Waals surface area contributed by atoms with E-state index in [1.165, 1.54) is 6.33 Å². The van der Waals surface area contributed by atoms with E-state index in [1.807, 2.05) is 7.05 Å². The zero-order valence-corrected chi connectivity index (χ0v) is 15.0. The van der Waals surface area contributed by atoms with Crippen molar-refractivity contribution in [2.45, 2.75) is 39.7 Å². The molecule has 1 amide bonds. The molecule has 0 spiro atoms. The first kappa shape index (κ1) is 17.8. The van der Waals surface area contributed by atoms with E-state index in [4.69, 9.17) is 11.6 Å². The Balaban J connectivity index is 1.96. The normalized spacial score (nSPS) is 17.2. The van der Waals surface area contributed by atoms with Crippen molar-refractivity contribution in [1.29, 1.82) is 0 Å². The van der Waals surface area contributed by atoms with Crippen LogP contribution < -0.4 is 15.5 Å².